The lowest BCUT2D eigenvalue weighted by Crippen LogP contribution is -2.48. The van der Waals surface area contributed by atoms with Gasteiger partial charge in [-0.05, 0) is 70.0 Å². The predicted molar refractivity (Wildman–Crippen MR) is 99.2 cm³/mol. The van der Waals surface area contributed by atoms with Crippen molar-refractivity contribution < 1.29 is 24.6 Å². The molecule has 2 saturated heterocycles. The Balaban J connectivity index is 1.52. The van der Waals surface area contributed by atoms with Gasteiger partial charge in [0.25, 0.3) is 0 Å². The number of piperidine rings is 2. The third kappa shape index (κ3) is 5.21. The first-order valence-corrected chi connectivity index (χ1v) is 10.4. The van der Waals surface area contributed by atoms with Crippen LogP contribution in [0.3, 0.4) is 0 Å². The van der Waals surface area contributed by atoms with Crippen LogP contribution in [0.2, 0.25) is 0 Å². The average molecular weight is 380 g/mol. The number of hydrogen-bond donors (Lipinski definition) is 2. The van der Waals surface area contributed by atoms with Crippen LogP contribution in [0, 0.1) is 23.7 Å². The second-order valence-electron chi connectivity index (χ2n) is 8.56. The number of carbonyl (C=O) groups excluding carboxylic acids is 1. The molecule has 7 nitrogen and oxygen atoms in total. The second-order valence-corrected chi connectivity index (χ2v) is 8.56. The van der Waals surface area contributed by atoms with Crippen LogP contribution < -0.4 is 0 Å². The molecule has 2 heterocycles. The van der Waals surface area contributed by atoms with E-state index in [9.17, 15) is 19.5 Å². The van der Waals surface area contributed by atoms with Gasteiger partial charge in [-0.25, -0.2) is 0 Å². The highest BCUT2D eigenvalue weighted by Crippen LogP contribution is 2.34. The lowest BCUT2D eigenvalue weighted by Gasteiger charge is -2.41. The van der Waals surface area contributed by atoms with Crippen LogP contribution in [-0.2, 0) is 14.4 Å². The number of carboxylic acids is 2. The first-order chi connectivity index (χ1) is 12.9. The van der Waals surface area contributed by atoms with Crippen molar-refractivity contribution in [3.63, 3.8) is 0 Å². The van der Waals surface area contributed by atoms with E-state index in [2.05, 4.69) is 4.90 Å². The minimum absolute atomic E-state index is 0.129. The summed E-state index contributed by atoms with van der Waals surface area (Å²) in [5, 5.41) is 18.4. The van der Waals surface area contributed by atoms with Gasteiger partial charge in [0.2, 0.25) is 5.91 Å². The molecule has 2 atom stereocenters. The Bertz CT molecular complexity index is 555. The maximum atomic E-state index is 12.6. The topological polar surface area (TPSA) is 98.2 Å². The minimum atomic E-state index is -0.758. The van der Waals surface area contributed by atoms with Crippen molar-refractivity contribution in [2.45, 2.75) is 51.4 Å². The largest absolute Gasteiger partial charge is 0.481 e. The molecule has 0 aromatic carbocycles. The SMILES string of the molecule is O=C(O)C[C@@H]1CCN(C(=O)C2CCC2)C[C@@H]1CCN1CCC(C(=O)O)CC1. The number of carbonyl (C=O) groups is 3. The number of nitrogens with zero attached hydrogens (tertiary/aromatic N) is 2. The molecule has 1 aliphatic carbocycles. The van der Waals surface area contributed by atoms with Gasteiger partial charge in [0.1, 0.15) is 0 Å². The zero-order chi connectivity index (χ0) is 19.4. The fourth-order valence-electron chi connectivity index (χ4n) is 4.77. The summed E-state index contributed by atoms with van der Waals surface area (Å²) in [6.45, 7) is 3.81. The number of likely N-dealkylation sites (tertiary alicyclic amines) is 2. The molecule has 0 bridgehead atoms. The molecule has 2 aliphatic heterocycles. The van der Waals surface area contributed by atoms with Crippen LogP contribution in [-0.4, -0.2) is 70.6 Å². The molecule has 1 amide bonds. The first-order valence-electron chi connectivity index (χ1n) is 10.4. The maximum absolute atomic E-state index is 12.6. The van der Waals surface area contributed by atoms with E-state index in [1.807, 2.05) is 4.90 Å². The van der Waals surface area contributed by atoms with Crippen molar-refractivity contribution in [1.29, 1.82) is 0 Å². The standard InChI is InChI=1S/C20H32N2O5/c23-18(24)12-16-7-11-22(19(25)14-2-1-3-14)13-17(16)6-10-21-8-4-15(5-9-21)20(26)27/h14-17H,1-13H2,(H,23,24)(H,26,27)/t16-,17-/m0/s1. The van der Waals surface area contributed by atoms with Gasteiger partial charge in [-0.2, -0.15) is 0 Å². The highest BCUT2D eigenvalue weighted by molar-refractivity contribution is 5.79. The summed E-state index contributed by atoms with van der Waals surface area (Å²) in [7, 11) is 0. The summed E-state index contributed by atoms with van der Waals surface area (Å²) in [4.78, 5) is 39.2. The molecule has 0 unspecified atom stereocenters. The van der Waals surface area contributed by atoms with Crippen molar-refractivity contribution in [3.05, 3.63) is 0 Å². The summed E-state index contributed by atoms with van der Waals surface area (Å²) in [5.74, 6) is -0.884. The maximum Gasteiger partial charge on any atom is 0.306 e. The highest BCUT2D eigenvalue weighted by atomic mass is 16.4. The fraction of sp³-hybridized carbons (Fsp3) is 0.850. The summed E-state index contributed by atoms with van der Waals surface area (Å²) in [5.41, 5.74) is 0. The van der Waals surface area contributed by atoms with Crippen molar-refractivity contribution in [1.82, 2.24) is 9.80 Å². The van der Waals surface area contributed by atoms with Gasteiger partial charge in [-0.3, -0.25) is 14.4 Å². The Morgan fingerprint density at radius 1 is 0.852 bits per heavy atom. The van der Waals surface area contributed by atoms with Crippen molar-refractivity contribution in [2.75, 3.05) is 32.7 Å². The highest BCUT2D eigenvalue weighted by Gasteiger charge is 2.36. The zero-order valence-electron chi connectivity index (χ0n) is 16.0. The normalized spacial score (nSPS) is 27.9. The van der Waals surface area contributed by atoms with E-state index in [0.29, 0.717) is 25.9 Å². The average Bonchev–Trinajstić information content (AvgIpc) is 2.59. The Hall–Kier alpha value is -1.63. The van der Waals surface area contributed by atoms with E-state index in [0.717, 1.165) is 51.7 Å². The third-order valence-electron chi connectivity index (χ3n) is 6.85. The van der Waals surface area contributed by atoms with Crippen LogP contribution in [0.5, 0.6) is 0 Å². The van der Waals surface area contributed by atoms with Gasteiger partial charge < -0.3 is 20.0 Å². The van der Waals surface area contributed by atoms with Gasteiger partial charge in [0.05, 0.1) is 5.92 Å². The molecule has 2 N–H and O–H groups in total. The lowest BCUT2D eigenvalue weighted by atomic mass is 9.79. The summed E-state index contributed by atoms with van der Waals surface area (Å²) in [6, 6.07) is 0. The van der Waals surface area contributed by atoms with E-state index in [-0.39, 0.29) is 36.0 Å². The number of rotatable bonds is 7. The number of amides is 1. The van der Waals surface area contributed by atoms with E-state index in [4.69, 9.17) is 5.11 Å². The lowest BCUT2D eigenvalue weighted by molar-refractivity contribution is -0.143. The number of carboxylic acid groups (broad SMARTS) is 2. The summed E-state index contributed by atoms with van der Waals surface area (Å²) < 4.78 is 0. The molecule has 0 radical (unpaired) electrons. The number of aliphatic carboxylic acids is 2. The minimum Gasteiger partial charge on any atom is -0.481 e. The van der Waals surface area contributed by atoms with Crippen LogP contribution >= 0.6 is 0 Å². The molecule has 0 spiro atoms. The Morgan fingerprint density at radius 3 is 2.11 bits per heavy atom. The van der Waals surface area contributed by atoms with Gasteiger partial charge in [0, 0.05) is 25.4 Å². The third-order valence-corrected chi connectivity index (χ3v) is 6.85. The van der Waals surface area contributed by atoms with Gasteiger partial charge in [-0.1, -0.05) is 6.42 Å². The Kier molecular flexibility index (Phi) is 6.73. The molecule has 152 valence electrons. The molecule has 3 aliphatic rings. The predicted octanol–water partition coefficient (Wildman–Crippen LogP) is 1.91. The van der Waals surface area contributed by atoms with E-state index in [1.54, 1.807) is 0 Å². The second kappa shape index (κ2) is 9.04. The summed E-state index contributed by atoms with van der Waals surface area (Å²) in [6.07, 6.45) is 6.34. The molecular weight excluding hydrogens is 348 g/mol. The van der Waals surface area contributed by atoms with Crippen LogP contribution in [0.4, 0.5) is 0 Å². The quantitative estimate of drug-likeness (QED) is 0.700. The van der Waals surface area contributed by atoms with E-state index < -0.39 is 11.9 Å². The Labute approximate surface area is 160 Å². The van der Waals surface area contributed by atoms with Crippen molar-refractivity contribution in [3.8, 4) is 0 Å². The van der Waals surface area contributed by atoms with Crippen molar-refractivity contribution in [2.24, 2.45) is 23.7 Å². The molecule has 3 fully saturated rings. The van der Waals surface area contributed by atoms with Gasteiger partial charge in [-0.15, -0.1) is 0 Å². The Morgan fingerprint density at radius 2 is 1.56 bits per heavy atom. The monoisotopic (exact) mass is 380 g/mol. The molecule has 27 heavy (non-hydrogen) atoms. The smallest absolute Gasteiger partial charge is 0.306 e. The molecule has 0 aromatic heterocycles. The van der Waals surface area contributed by atoms with Crippen LogP contribution in [0.1, 0.15) is 51.4 Å². The zero-order valence-corrected chi connectivity index (χ0v) is 16.0. The van der Waals surface area contributed by atoms with Crippen molar-refractivity contribution >= 4 is 17.8 Å². The van der Waals surface area contributed by atoms with Gasteiger partial charge in [0.15, 0.2) is 0 Å². The molecule has 1 saturated carbocycles. The van der Waals surface area contributed by atoms with Crippen LogP contribution in [0.15, 0.2) is 0 Å². The van der Waals surface area contributed by atoms with Gasteiger partial charge >= 0.3 is 11.9 Å². The van der Waals surface area contributed by atoms with E-state index >= 15 is 0 Å². The van der Waals surface area contributed by atoms with E-state index in [1.165, 1.54) is 0 Å². The summed E-state index contributed by atoms with van der Waals surface area (Å²) >= 11 is 0. The first kappa shape index (κ1) is 20.1. The van der Waals surface area contributed by atoms with Crippen LogP contribution in [0.25, 0.3) is 0 Å². The fourth-order valence-corrected chi connectivity index (χ4v) is 4.77. The molecule has 0 aromatic rings. The molecule has 3 rings (SSSR count). The molecule has 7 heteroatoms. The molecular formula is C20H32N2O5. The number of hydrogen-bond acceptors (Lipinski definition) is 4.